The number of aromatic amines is 1. The molecular formula is C12H10FN. The summed E-state index contributed by atoms with van der Waals surface area (Å²) in [6.07, 6.45) is 7.69. The van der Waals surface area contributed by atoms with Gasteiger partial charge in [0.15, 0.2) is 0 Å². The molecule has 2 rings (SSSR count). The lowest BCUT2D eigenvalue weighted by Crippen LogP contribution is -1.73. The Balaban J connectivity index is 2.15. The average Bonchev–Trinajstić information content (AvgIpc) is 2.70. The molecule has 0 spiro atoms. The van der Waals surface area contributed by atoms with E-state index in [1.807, 2.05) is 30.6 Å². The second-order valence-electron chi connectivity index (χ2n) is 3.03. The van der Waals surface area contributed by atoms with Crippen LogP contribution >= 0.6 is 0 Å². The van der Waals surface area contributed by atoms with Crippen molar-refractivity contribution in [1.82, 2.24) is 4.98 Å². The van der Waals surface area contributed by atoms with E-state index in [0.29, 0.717) is 0 Å². The van der Waals surface area contributed by atoms with E-state index in [0.717, 1.165) is 11.1 Å². The smallest absolute Gasteiger partial charge is 0.123 e. The van der Waals surface area contributed by atoms with Crippen LogP contribution in [0.4, 0.5) is 4.39 Å². The topological polar surface area (TPSA) is 15.8 Å². The van der Waals surface area contributed by atoms with E-state index >= 15 is 0 Å². The summed E-state index contributed by atoms with van der Waals surface area (Å²) in [5.74, 6) is -0.205. The molecular weight excluding hydrogens is 177 g/mol. The normalized spacial score (nSPS) is 10.9. The van der Waals surface area contributed by atoms with Crippen LogP contribution in [0.25, 0.3) is 12.2 Å². The number of rotatable bonds is 2. The molecule has 0 unspecified atom stereocenters. The van der Waals surface area contributed by atoms with E-state index in [1.165, 1.54) is 12.1 Å². The number of hydrogen-bond donors (Lipinski definition) is 1. The minimum Gasteiger partial charge on any atom is -0.367 e. The van der Waals surface area contributed by atoms with Gasteiger partial charge >= 0.3 is 0 Å². The first-order chi connectivity index (χ1) is 6.84. The number of halogens is 1. The molecule has 1 heterocycles. The van der Waals surface area contributed by atoms with E-state index in [1.54, 1.807) is 12.1 Å². The summed E-state index contributed by atoms with van der Waals surface area (Å²) in [6, 6.07) is 8.38. The SMILES string of the molecule is Fc1ccc(C=Cc2cc[nH]c2)cc1. The lowest BCUT2D eigenvalue weighted by Gasteiger charge is -1.91. The molecule has 0 bridgehead atoms. The minimum atomic E-state index is -0.205. The number of H-pyrrole nitrogens is 1. The van der Waals surface area contributed by atoms with E-state index in [9.17, 15) is 4.39 Å². The van der Waals surface area contributed by atoms with Crippen LogP contribution in [0, 0.1) is 5.82 Å². The Hall–Kier alpha value is -1.83. The van der Waals surface area contributed by atoms with Gasteiger partial charge in [-0.1, -0.05) is 24.3 Å². The third-order valence-electron chi connectivity index (χ3n) is 1.96. The zero-order valence-corrected chi connectivity index (χ0v) is 7.57. The van der Waals surface area contributed by atoms with Crippen molar-refractivity contribution in [2.24, 2.45) is 0 Å². The van der Waals surface area contributed by atoms with Gasteiger partial charge in [-0.15, -0.1) is 0 Å². The van der Waals surface area contributed by atoms with Gasteiger partial charge in [0.2, 0.25) is 0 Å². The zero-order chi connectivity index (χ0) is 9.80. The highest BCUT2D eigenvalue weighted by molar-refractivity contribution is 5.69. The standard InChI is InChI=1S/C12H10FN/c13-12-5-3-10(4-6-12)1-2-11-7-8-14-9-11/h1-9,14H. The van der Waals surface area contributed by atoms with Gasteiger partial charge < -0.3 is 4.98 Å². The van der Waals surface area contributed by atoms with Crippen LogP contribution in [0.3, 0.4) is 0 Å². The van der Waals surface area contributed by atoms with Gasteiger partial charge in [0.05, 0.1) is 0 Å². The van der Waals surface area contributed by atoms with Gasteiger partial charge in [-0.2, -0.15) is 0 Å². The third kappa shape index (κ3) is 2.10. The number of aromatic nitrogens is 1. The lowest BCUT2D eigenvalue weighted by molar-refractivity contribution is 0.628. The fraction of sp³-hybridized carbons (Fsp3) is 0. The van der Waals surface area contributed by atoms with Crippen LogP contribution in [-0.4, -0.2) is 4.98 Å². The summed E-state index contributed by atoms with van der Waals surface area (Å²) in [5, 5.41) is 0. The Morgan fingerprint density at radius 3 is 2.29 bits per heavy atom. The van der Waals surface area contributed by atoms with Crippen molar-refractivity contribution < 1.29 is 4.39 Å². The molecule has 0 aliphatic rings. The molecule has 0 atom stereocenters. The van der Waals surface area contributed by atoms with Crippen molar-refractivity contribution in [1.29, 1.82) is 0 Å². The molecule has 70 valence electrons. The Morgan fingerprint density at radius 1 is 0.929 bits per heavy atom. The fourth-order valence-corrected chi connectivity index (χ4v) is 1.21. The first kappa shape index (κ1) is 8.75. The van der Waals surface area contributed by atoms with Crippen molar-refractivity contribution in [3.05, 3.63) is 59.7 Å². The monoisotopic (exact) mass is 187 g/mol. The van der Waals surface area contributed by atoms with Crippen molar-refractivity contribution in [2.45, 2.75) is 0 Å². The molecule has 1 nitrogen and oxygen atoms in total. The summed E-state index contributed by atoms with van der Waals surface area (Å²) in [7, 11) is 0. The van der Waals surface area contributed by atoms with Crippen LogP contribution in [0.5, 0.6) is 0 Å². The van der Waals surface area contributed by atoms with E-state index < -0.39 is 0 Å². The Bertz CT molecular complexity index is 412. The molecule has 0 fully saturated rings. The maximum absolute atomic E-state index is 12.6. The molecule has 1 N–H and O–H groups in total. The Labute approximate surface area is 81.9 Å². The molecule has 1 aromatic heterocycles. The maximum Gasteiger partial charge on any atom is 0.123 e. The van der Waals surface area contributed by atoms with E-state index in [4.69, 9.17) is 0 Å². The van der Waals surface area contributed by atoms with Gasteiger partial charge in [0.25, 0.3) is 0 Å². The van der Waals surface area contributed by atoms with Gasteiger partial charge in [0.1, 0.15) is 5.82 Å². The molecule has 0 aliphatic carbocycles. The van der Waals surface area contributed by atoms with Crippen LogP contribution in [-0.2, 0) is 0 Å². The van der Waals surface area contributed by atoms with E-state index in [2.05, 4.69) is 4.98 Å². The summed E-state index contributed by atoms with van der Waals surface area (Å²) in [5.41, 5.74) is 2.10. The van der Waals surface area contributed by atoms with Crippen LogP contribution in [0.2, 0.25) is 0 Å². The highest BCUT2D eigenvalue weighted by Crippen LogP contribution is 2.08. The molecule has 0 amide bonds. The first-order valence-corrected chi connectivity index (χ1v) is 4.41. The zero-order valence-electron chi connectivity index (χ0n) is 7.57. The summed E-state index contributed by atoms with van der Waals surface area (Å²) < 4.78 is 12.6. The molecule has 0 saturated carbocycles. The van der Waals surface area contributed by atoms with Crippen molar-refractivity contribution in [3.63, 3.8) is 0 Å². The van der Waals surface area contributed by atoms with Gasteiger partial charge in [0, 0.05) is 12.4 Å². The maximum atomic E-state index is 12.6. The van der Waals surface area contributed by atoms with Crippen molar-refractivity contribution >= 4 is 12.2 Å². The second-order valence-corrected chi connectivity index (χ2v) is 3.03. The number of hydrogen-bond acceptors (Lipinski definition) is 0. The Morgan fingerprint density at radius 2 is 1.64 bits per heavy atom. The molecule has 0 radical (unpaired) electrons. The van der Waals surface area contributed by atoms with Gasteiger partial charge in [-0.05, 0) is 29.3 Å². The minimum absolute atomic E-state index is 0.205. The largest absolute Gasteiger partial charge is 0.367 e. The van der Waals surface area contributed by atoms with Crippen LogP contribution in [0.1, 0.15) is 11.1 Å². The fourth-order valence-electron chi connectivity index (χ4n) is 1.21. The molecule has 2 aromatic rings. The average molecular weight is 187 g/mol. The highest BCUT2D eigenvalue weighted by Gasteiger charge is 1.89. The quantitative estimate of drug-likeness (QED) is 0.742. The highest BCUT2D eigenvalue weighted by atomic mass is 19.1. The van der Waals surface area contributed by atoms with E-state index in [-0.39, 0.29) is 5.82 Å². The predicted molar refractivity (Wildman–Crippen MR) is 56.1 cm³/mol. The molecule has 0 aliphatic heterocycles. The predicted octanol–water partition coefficient (Wildman–Crippen LogP) is 3.32. The molecule has 14 heavy (non-hydrogen) atoms. The van der Waals surface area contributed by atoms with Crippen molar-refractivity contribution in [3.8, 4) is 0 Å². The van der Waals surface area contributed by atoms with Gasteiger partial charge in [-0.25, -0.2) is 4.39 Å². The van der Waals surface area contributed by atoms with Gasteiger partial charge in [-0.3, -0.25) is 0 Å². The summed E-state index contributed by atoms with van der Waals surface area (Å²) in [6.45, 7) is 0. The lowest BCUT2D eigenvalue weighted by atomic mass is 10.2. The first-order valence-electron chi connectivity index (χ1n) is 4.41. The third-order valence-corrected chi connectivity index (χ3v) is 1.96. The second kappa shape index (κ2) is 3.92. The number of benzene rings is 1. The summed E-state index contributed by atoms with van der Waals surface area (Å²) in [4.78, 5) is 2.96. The number of nitrogens with one attached hydrogen (secondary N) is 1. The summed E-state index contributed by atoms with van der Waals surface area (Å²) >= 11 is 0. The molecule has 0 saturated heterocycles. The van der Waals surface area contributed by atoms with Crippen LogP contribution in [0.15, 0.2) is 42.7 Å². The Kier molecular flexibility index (Phi) is 2.45. The molecule has 2 heteroatoms. The molecule has 1 aromatic carbocycles. The van der Waals surface area contributed by atoms with Crippen molar-refractivity contribution in [2.75, 3.05) is 0 Å². The van der Waals surface area contributed by atoms with Crippen LogP contribution < -0.4 is 0 Å².